The van der Waals surface area contributed by atoms with Gasteiger partial charge in [-0.15, -0.1) is 0 Å². The van der Waals surface area contributed by atoms with Crippen molar-refractivity contribution in [2.75, 3.05) is 13.4 Å². The van der Waals surface area contributed by atoms with E-state index in [9.17, 15) is 31.9 Å². The van der Waals surface area contributed by atoms with E-state index in [0.717, 1.165) is 6.42 Å². The number of rotatable bonds is 3. The van der Waals surface area contributed by atoms with E-state index in [1.165, 1.54) is 6.42 Å². The molecule has 4 aliphatic carbocycles. The van der Waals surface area contributed by atoms with Gasteiger partial charge in [0.15, 0.2) is 12.4 Å². The molecule has 10 heteroatoms. The first-order valence-corrected chi connectivity index (χ1v) is 11.3. The van der Waals surface area contributed by atoms with Gasteiger partial charge in [0.1, 0.15) is 6.61 Å². The molecule has 0 aromatic rings. The van der Waals surface area contributed by atoms with Gasteiger partial charge in [0.25, 0.3) is 0 Å². The van der Waals surface area contributed by atoms with Crippen molar-refractivity contribution in [1.82, 2.24) is 0 Å². The van der Waals surface area contributed by atoms with Crippen LogP contribution in [-0.4, -0.2) is 48.0 Å². The average Bonchev–Trinajstić information content (AvgIpc) is 3.44. The Balaban J connectivity index is 1.28. The molecular weight excluding hydrogens is 439 g/mol. The lowest BCUT2D eigenvalue weighted by Crippen LogP contribution is -2.74. The van der Waals surface area contributed by atoms with Crippen molar-refractivity contribution in [1.29, 1.82) is 0 Å². The van der Waals surface area contributed by atoms with Crippen LogP contribution in [0.15, 0.2) is 0 Å². The van der Waals surface area contributed by atoms with E-state index in [0.29, 0.717) is 54.8 Å². The van der Waals surface area contributed by atoms with E-state index < -0.39 is 48.8 Å². The lowest BCUT2D eigenvalue weighted by Gasteiger charge is -2.49. The van der Waals surface area contributed by atoms with Crippen LogP contribution in [0.5, 0.6) is 0 Å². The highest BCUT2D eigenvalue weighted by atomic mass is 19.4. The number of aliphatic hydroxyl groups is 1. The van der Waals surface area contributed by atoms with E-state index >= 15 is 0 Å². The van der Waals surface area contributed by atoms with Crippen LogP contribution in [0.25, 0.3) is 0 Å². The van der Waals surface area contributed by atoms with E-state index in [4.69, 9.17) is 9.47 Å². The van der Waals surface area contributed by atoms with Gasteiger partial charge in [-0.2, -0.15) is 22.0 Å². The predicted octanol–water partition coefficient (Wildman–Crippen LogP) is 3.99. The number of fused-ring (bicyclic) bond motifs is 9. The number of hydrogen-bond acceptors (Lipinski definition) is 5. The van der Waals surface area contributed by atoms with Crippen LogP contribution in [0.1, 0.15) is 40.0 Å². The number of esters is 1. The largest absolute Gasteiger partial charge is 0.462 e. The summed E-state index contributed by atoms with van der Waals surface area (Å²) in [5.41, 5.74) is -2.89. The minimum atomic E-state index is -5.76. The molecule has 0 aromatic heterocycles. The van der Waals surface area contributed by atoms with Crippen molar-refractivity contribution >= 4 is 5.97 Å². The third-order valence-corrected chi connectivity index (χ3v) is 9.76. The molecule has 5 fully saturated rings. The van der Waals surface area contributed by atoms with Crippen molar-refractivity contribution in [3.8, 4) is 0 Å². The van der Waals surface area contributed by atoms with Crippen LogP contribution in [-0.2, 0) is 19.0 Å². The fraction of sp³-hybridized carbons (Fsp3) is 0.955. The molecule has 11 atom stereocenters. The first kappa shape index (κ1) is 22.8. The molecule has 4 bridgehead atoms. The zero-order chi connectivity index (χ0) is 23.4. The van der Waals surface area contributed by atoms with Crippen LogP contribution in [0.3, 0.4) is 0 Å². The maximum absolute atomic E-state index is 14.7. The fourth-order valence-corrected chi connectivity index (χ4v) is 7.99. The van der Waals surface area contributed by atoms with Crippen LogP contribution >= 0.6 is 0 Å². The number of halogens is 5. The molecular formula is C22H29F5O5. The molecule has 4 saturated carbocycles. The molecule has 5 aliphatic rings. The quantitative estimate of drug-likeness (QED) is 0.386. The zero-order valence-corrected chi connectivity index (χ0v) is 18.2. The molecule has 1 heterocycles. The minimum Gasteiger partial charge on any atom is -0.462 e. The number of alkyl halides is 5. The smallest absolute Gasteiger partial charge is 0.449 e. The van der Waals surface area contributed by atoms with E-state index in [-0.39, 0.29) is 5.92 Å². The second-order valence-corrected chi connectivity index (χ2v) is 10.9. The molecule has 1 aliphatic heterocycles. The first-order valence-electron chi connectivity index (χ1n) is 11.3. The van der Waals surface area contributed by atoms with Gasteiger partial charge in [-0.1, -0.05) is 13.8 Å². The predicted molar refractivity (Wildman–Crippen MR) is 99.0 cm³/mol. The summed E-state index contributed by atoms with van der Waals surface area (Å²) in [6.45, 7) is 2.94. The molecule has 0 radical (unpaired) electrons. The topological polar surface area (TPSA) is 65.0 Å². The van der Waals surface area contributed by atoms with Crippen molar-refractivity contribution in [3.05, 3.63) is 0 Å². The molecule has 0 spiro atoms. The molecule has 0 aromatic carbocycles. The van der Waals surface area contributed by atoms with Crippen LogP contribution < -0.4 is 0 Å². The molecule has 5 rings (SSSR count). The highest BCUT2D eigenvalue weighted by molar-refractivity contribution is 5.73. The van der Waals surface area contributed by atoms with Gasteiger partial charge >= 0.3 is 23.9 Å². The Morgan fingerprint density at radius 2 is 1.66 bits per heavy atom. The Morgan fingerprint density at radius 3 is 2.28 bits per heavy atom. The number of hydrogen-bond donors (Lipinski definition) is 1. The van der Waals surface area contributed by atoms with Gasteiger partial charge < -0.3 is 19.3 Å². The lowest BCUT2D eigenvalue weighted by atomic mass is 9.62. The van der Waals surface area contributed by atoms with E-state index in [2.05, 4.69) is 18.6 Å². The highest BCUT2D eigenvalue weighted by Gasteiger charge is 2.79. The van der Waals surface area contributed by atoms with E-state index in [1.54, 1.807) is 0 Å². The maximum atomic E-state index is 14.7. The second-order valence-electron chi connectivity index (χ2n) is 10.9. The highest BCUT2D eigenvalue weighted by Crippen LogP contribution is 2.71. The summed E-state index contributed by atoms with van der Waals surface area (Å²) >= 11 is 0. The summed E-state index contributed by atoms with van der Waals surface area (Å²) < 4.78 is 82.7. The summed E-state index contributed by atoms with van der Waals surface area (Å²) in [7, 11) is 0. The van der Waals surface area contributed by atoms with Gasteiger partial charge in [-0.3, -0.25) is 4.79 Å². The number of carbonyl (C=O) groups excluding carboxylic acids is 1. The Kier molecular flexibility index (Phi) is 4.83. The fourth-order valence-electron chi connectivity index (χ4n) is 7.99. The van der Waals surface area contributed by atoms with Crippen molar-refractivity contribution < 1.29 is 46.1 Å². The number of carbonyl (C=O) groups is 1. The summed E-state index contributed by atoms with van der Waals surface area (Å²) in [6.07, 6.45) is -3.02. The van der Waals surface area contributed by atoms with Crippen molar-refractivity contribution in [2.24, 2.45) is 53.3 Å². The number of ether oxygens (including phenoxy) is 3. The average molecular weight is 468 g/mol. The summed E-state index contributed by atoms with van der Waals surface area (Å²) in [5, 5.41) is 9.63. The Morgan fingerprint density at radius 1 is 1.03 bits per heavy atom. The third kappa shape index (κ3) is 2.69. The lowest BCUT2D eigenvalue weighted by molar-refractivity contribution is -0.501. The van der Waals surface area contributed by atoms with Gasteiger partial charge in [-0.05, 0) is 73.5 Å². The minimum absolute atomic E-state index is 0.137. The van der Waals surface area contributed by atoms with Crippen molar-refractivity contribution in [2.45, 2.75) is 63.5 Å². The van der Waals surface area contributed by atoms with Crippen LogP contribution in [0.4, 0.5) is 22.0 Å². The Bertz CT molecular complexity index is 804. The molecule has 0 amide bonds. The third-order valence-electron chi connectivity index (χ3n) is 9.76. The Hall–Kier alpha value is -1.00. The second kappa shape index (κ2) is 6.78. The molecule has 5 nitrogen and oxygen atoms in total. The van der Waals surface area contributed by atoms with Gasteiger partial charge in [-0.25, -0.2) is 0 Å². The SMILES string of the molecule is CC1C(C)C2CC1C1C3CC(C(=O)OCC4(C)OCOC(O)(C(F)(F)F)C4(F)F)C(C3)C21. The van der Waals surface area contributed by atoms with Crippen LogP contribution in [0, 0.1) is 53.3 Å². The molecule has 1 N–H and O–H groups in total. The van der Waals surface area contributed by atoms with Crippen LogP contribution in [0.2, 0.25) is 0 Å². The Labute approximate surface area is 182 Å². The first-order chi connectivity index (χ1) is 14.7. The summed E-state index contributed by atoms with van der Waals surface area (Å²) in [5.74, 6) is -6.61. The molecule has 182 valence electrons. The standard InChI is InChI=1S/C22H29F5O5/c1-9-10(2)13-6-12(9)16-11-4-14(17(13)16)15(5-11)18(28)30-7-19(3)20(23,24)21(29,22(25,26)27)32-8-31-19/h9-17,29H,4-8H2,1-3H3. The van der Waals surface area contributed by atoms with Gasteiger partial charge in [0.2, 0.25) is 0 Å². The monoisotopic (exact) mass is 468 g/mol. The zero-order valence-electron chi connectivity index (χ0n) is 18.2. The summed E-state index contributed by atoms with van der Waals surface area (Å²) in [4.78, 5) is 12.9. The van der Waals surface area contributed by atoms with Gasteiger partial charge in [0.05, 0.1) is 5.92 Å². The van der Waals surface area contributed by atoms with Gasteiger partial charge in [0, 0.05) is 0 Å². The molecule has 32 heavy (non-hydrogen) atoms. The summed E-state index contributed by atoms with van der Waals surface area (Å²) in [6, 6.07) is 0. The normalized spacial score (nSPS) is 53.5. The molecule has 11 unspecified atom stereocenters. The molecule has 1 saturated heterocycles. The van der Waals surface area contributed by atoms with E-state index in [1.807, 2.05) is 0 Å². The van der Waals surface area contributed by atoms with Crippen molar-refractivity contribution in [3.63, 3.8) is 0 Å². The maximum Gasteiger partial charge on any atom is 0.449 e.